The summed E-state index contributed by atoms with van der Waals surface area (Å²) in [6, 6.07) is 8.05. The van der Waals surface area contributed by atoms with E-state index in [1.54, 1.807) is 60.7 Å². The predicted molar refractivity (Wildman–Crippen MR) is 305 cm³/mol. The van der Waals surface area contributed by atoms with E-state index in [-0.39, 0.29) is 78.2 Å². The molecule has 8 atom stereocenters. The zero-order valence-electron chi connectivity index (χ0n) is 48.9. The number of hydrogen-bond donors (Lipinski definition) is 7. The summed E-state index contributed by atoms with van der Waals surface area (Å²) >= 11 is 0. The van der Waals surface area contributed by atoms with Crippen LogP contribution >= 0.6 is 0 Å². The zero-order chi connectivity index (χ0) is 61.7. The van der Waals surface area contributed by atoms with Crippen molar-refractivity contribution in [2.45, 2.75) is 152 Å². The van der Waals surface area contributed by atoms with E-state index in [2.05, 4.69) is 26.6 Å². The molecule has 27 heteroatoms. The molecule has 0 unspecified atom stereocenters. The number of amides is 11. The minimum absolute atomic E-state index is 0.0683. The maximum atomic E-state index is 14.7. The highest BCUT2D eigenvalue weighted by molar-refractivity contribution is 5.96. The number of benzene rings is 2. The molecule has 85 heavy (non-hydrogen) atoms. The van der Waals surface area contributed by atoms with Crippen molar-refractivity contribution in [3.05, 3.63) is 71.8 Å². The van der Waals surface area contributed by atoms with Crippen molar-refractivity contribution in [3.63, 3.8) is 0 Å². The Balaban J connectivity index is 1.08. The Morgan fingerprint density at radius 1 is 0.518 bits per heavy atom. The number of piperidine rings is 4. The van der Waals surface area contributed by atoms with E-state index in [9.17, 15) is 62.6 Å². The third kappa shape index (κ3) is 18.6. The van der Waals surface area contributed by atoms with E-state index in [1.165, 1.54) is 52.4 Å². The summed E-state index contributed by atoms with van der Waals surface area (Å²) in [6.45, 7) is 1.54. The van der Waals surface area contributed by atoms with Gasteiger partial charge in [-0.05, 0) is 102 Å². The second-order valence-electron chi connectivity index (χ2n) is 22.0. The van der Waals surface area contributed by atoms with E-state index < -0.39 is 133 Å². The van der Waals surface area contributed by atoms with Crippen LogP contribution in [0.5, 0.6) is 0 Å². The molecule has 0 aromatic heterocycles. The van der Waals surface area contributed by atoms with Gasteiger partial charge < -0.3 is 76.3 Å². The van der Waals surface area contributed by atoms with Crippen molar-refractivity contribution in [2.24, 2.45) is 5.73 Å². The number of carbonyl (C=O) groups is 12. The third-order valence-corrected chi connectivity index (χ3v) is 15.8. The SMILES string of the molecule is C[C@@H](NC(=O)[C@@H]1CCCCN1C(=O)CN(C)C(=O)CNC(=O)[C@@H]1CCCCN1C(=O)[C@H](NC(=O)OCc1ccccc1)[C@@H](C)NC(=O)[C@@H]1CCCCN1C(=O)CN(C)C(=O)CN)[C@@H](NC(=O)OCc1ccccc1)C(=O)N1CCCC[C@H]1C(=O)O. The van der Waals surface area contributed by atoms with Gasteiger partial charge in [0.2, 0.25) is 53.2 Å². The molecule has 11 amide bonds. The number of ether oxygens (including phenoxy) is 2. The molecule has 0 spiro atoms. The number of carboxylic acid groups (broad SMARTS) is 1. The van der Waals surface area contributed by atoms with Crippen LogP contribution in [-0.2, 0) is 70.6 Å². The largest absolute Gasteiger partial charge is 0.480 e. The number of rotatable bonds is 23. The number of nitrogens with one attached hydrogen (secondary N) is 5. The van der Waals surface area contributed by atoms with Gasteiger partial charge in [-0.2, -0.15) is 0 Å². The summed E-state index contributed by atoms with van der Waals surface area (Å²) in [5.74, 6) is -6.86. The topological polar surface area (TPSA) is 349 Å². The fourth-order valence-corrected chi connectivity index (χ4v) is 11.0. The van der Waals surface area contributed by atoms with Crippen LogP contribution in [0.1, 0.15) is 102 Å². The number of nitrogens with zero attached hydrogens (tertiary/aromatic N) is 6. The summed E-state index contributed by atoms with van der Waals surface area (Å²) in [6.07, 6.45) is 3.32. The minimum Gasteiger partial charge on any atom is -0.480 e. The van der Waals surface area contributed by atoms with Gasteiger partial charge in [0.15, 0.2) is 0 Å². The van der Waals surface area contributed by atoms with Gasteiger partial charge in [0.05, 0.1) is 38.3 Å². The smallest absolute Gasteiger partial charge is 0.408 e. The molecule has 2 aromatic carbocycles. The molecule has 27 nitrogen and oxygen atoms in total. The number of aliphatic carboxylic acids is 1. The Morgan fingerprint density at radius 3 is 1.28 bits per heavy atom. The second kappa shape index (κ2) is 32.1. The first kappa shape index (κ1) is 65.8. The lowest BCUT2D eigenvalue weighted by Crippen LogP contribution is -2.64. The lowest BCUT2D eigenvalue weighted by atomic mass is 9.97. The summed E-state index contributed by atoms with van der Waals surface area (Å²) < 4.78 is 10.9. The molecular formula is C58H82N12O15. The van der Waals surface area contributed by atoms with E-state index in [0.717, 1.165) is 4.90 Å². The Bertz CT molecular complexity index is 2700. The lowest BCUT2D eigenvalue weighted by molar-refractivity contribution is -0.153. The van der Waals surface area contributed by atoms with Crippen molar-refractivity contribution in [1.29, 1.82) is 0 Å². The van der Waals surface area contributed by atoms with Crippen LogP contribution in [0.15, 0.2) is 60.7 Å². The molecular weight excluding hydrogens is 1100 g/mol. The summed E-state index contributed by atoms with van der Waals surface area (Å²) in [5.41, 5.74) is 6.81. The summed E-state index contributed by atoms with van der Waals surface area (Å²) in [4.78, 5) is 171. The molecule has 8 N–H and O–H groups in total. The first-order valence-corrected chi connectivity index (χ1v) is 29.1. The van der Waals surface area contributed by atoms with Gasteiger partial charge in [-0.15, -0.1) is 0 Å². The molecule has 0 saturated carbocycles. The van der Waals surface area contributed by atoms with Crippen LogP contribution in [0, 0.1) is 0 Å². The van der Waals surface area contributed by atoms with Crippen LogP contribution in [0.2, 0.25) is 0 Å². The third-order valence-electron chi connectivity index (χ3n) is 15.8. The molecule has 4 fully saturated rings. The van der Waals surface area contributed by atoms with Crippen LogP contribution in [0.25, 0.3) is 0 Å². The fraction of sp³-hybridized carbons (Fsp3) is 0.586. The summed E-state index contributed by atoms with van der Waals surface area (Å²) in [5, 5.41) is 23.3. The molecule has 4 aliphatic rings. The fourth-order valence-electron chi connectivity index (χ4n) is 11.0. The highest BCUT2D eigenvalue weighted by Crippen LogP contribution is 2.24. The standard InChI is InChI=1S/C58H82N12O15/c1-37(61-52(76)42-24-11-15-27-67(42)47(73)33-65(3)45(71)31-59)49(63-57(82)84-35-39-19-7-5-8-20-39)54(78)69-29-17-13-23-41(69)51(75)60-32-46(72)66(4)34-48(74)68-28-16-12-25-43(68)53(77)62-38(2)50(55(79)70-30-18-14-26-44(70)56(80)81)64-58(83)85-36-40-21-9-6-10-22-40/h5-10,19-22,37-38,41-44,49-50H,11-18,23-36,59H2,1-4H3,(H,60,75)(H,61,76)(H,62,77)(H,63,82)(H,64,83)(H,80,81)/t37-,38-,41+,42+,43+,44+,49-,50-/m1/s1. The molecule has 0 radical (unpaired) electrons. The number of nitrogens with two attached hydrogens (primary N) is 1. The normalized spacial score (nSPS) is 20.2. The quantitative estimate of drug-likeness (QED) is 0.0781. The van der Waals surface area contributed by atoms with Crippen molar-refractivity contribution in [3.8, 4) is 0 Å². The Kier molecular flexibility index (Phi) is 24.8. The number of alkyl carbamates (subject to hydrolysis) is 2. The highest BCUT2D eigenvalue weighted by Gasteiger charge is 2.43. The Morgan fingerprint density at radius 2 is 0.882 bits per heavy atom. The Labute approximate surface area is 494 Å². The molecule has 4 saturated heterocycles. The van der Waals surface area contributed by atoms with Crippen LogP contribution in [0.4, 0.5) is 9.59 Å². The highest BCUT2D eigenvalue weighted by atomic mass is 16.6. The van der Waals surface area contributed by atoms with Gasteiger partial charge in [0.1, 0.15) is 49.5 Å². The molecule has 4 heterocycles. The number of likely N-dealkylation sites (tertiary alicyclic amines) is 4. The number of hydrogen-bond acceptors (Lipinski definition) is 15. The first-order chi connectivity index (χ1) is 40.7. The van der Waals surface area contributed by atoms with Gasteiger partial charge >= 0.3 is 18.2 Å². The van der Waals surface area contributed by atoms with Crippen LogP contribution < -0.4 is 32.3 Å². The number of likely N-dealkylation sites (N-methyl/N-ethyl adjacent to an activating group) is 2. The maximum absolute atomic E-state index is 14.7. The molecule has 6 rings (SSSR count). The molecule has 0 bridgehead atoms. The van der Waals surface area contributed by atoms with Crippen LogP contribution in [0.3, 0.4) is 0 Å². The van der Waals surface area contributed by atoms with Gasteiger partial charge in [-0.25, -0.2) is 14.4 Å². The van der Waals surface area contributed by atoms with E-state index in [0.29, 0.717) is 62.5 Å². The van der Waals surface area contributed by atoms with E-state index in [1.807, 2.05) is 0 Å². The Hall–Kier alpha value is -8.36. The van der Waals surface area contributed by atoms with Crippen molar-refractivity contribution < 1.29 is 72.1 Å². The van der Waals surface area contributed by atoms with Crippen molar-refractivity contribution in [1.82, 2.24) is 56.0 Å². The zero-order valence-corrected chi connectivity index (χ0v) is 48.9. The first-order valence-electron chi connectivity index (χ1n) is 29.1. The monoisotopic (exact) mass is 1190 g/mol. The summed E-state index contributed by atoms with van der Waals surface area (Å²) in [7, 11) is 2.78. The van der Waals surface area contributed by atoms with Crippen molar-refractivity contribution in [2.75, 3.05) is 66.5 Å². The van der Waals surface area contributed by atoms with E-state index in [4.69, 9.17) is 15.2 Å². The minimum atomic E-state index is -1.50. The second-order valence-corrected chi connectivity index (χ2v) is 22.0. The lowest BCUT2D eigenvalue weighted by Gasteiger charge is -2.39. The average molecular weight is 1190 g/mol. The molecule has 464 valence electrons. The van der Waals surface area contributed by atoms with Gasteiger partial charge in [0.25, 0.3) is 0 Å². The van der Waals surface area contributed by atoms with Gasteiger partial charge in [-0.1, -0.05) is 60.7 Å². The number of carbonyl (C=O) groups excluding carboxylic acids is 11. The average Bonchev–Trinajstić information content (AvgIpc) is 3.32. The molecule has 2 aromatic rings. The molecule has 4 aliphatic heterocycles. The predicted octanol–water partition coefficient (Wildman–Crippen LogP) is 0.186. The van der Waals surface area contributed by atoms with Gasteiger partial charge in [0, 0.05) is 40.3 Å². The number of carboxylic acids is 1. The molecule has 0 aliphatic carbocycles. The van der Waals surface area contributed by atoms with Crippen molar-refractivity contribution >= 4 is 71.3 Å². The van der Waals surface area contributed by atoms with E-state index >= 15 is 0 Å². The van der Waals surface area contributed by atoms with Crippen LogP contribution in [-0.4, -0.2) is 221 Å². The van der Waals surface area contributed by atoms with Gasteiger partial charge in [-0.3, -0.25) is 43.2 Å². The maximum Gasteiger partial charge on any atom is 0.408 e.